The van der Waals surface area contributed by atoms with Crippen molar-refractivity contribution in [2.75, 3.05) is 33.0 Å². The smallest absolute Gasteiger partial charge is 0.457 e. The fraction of sp³-hybridized carbons (Fsp3) is 0.860. The van der Waals surface area contributed by atoms with Crippen molar-refractivity contribution in [3.05, 3.63) is 36.5 Å². The minimum Gasteiger partial charge on any atom is -0.457 e. The zero-order valence-electron chi connectivity index (χ0n) is 38.9. The number of phosphoric ester groups is 1. The van der Waals surface area contributed by atoms with Gasteiger partial charge in [0.2, 0.25) is 0 Å². The number of aliphatic hydroxyl groups is 2. The van der Waals surface area contributed by atoms with E-state index >= 15 is 0 Å². The van der Waals surface area contributed by atoms with Gasteiger partial charge in [-0.25, -0.2) is 4.57 Å². The van der Waals surface area contributed by atoms with Crippen molar-refractivity contribution in [2.45, 2.75) is 244 Å². The summed E-state index contributed by atoms with van der Waals surface area (Å²) < 4.78 is 33.5. The van der Waals surface area contributed by atoms with Crippen LogP contribution < -0.4 is 0 Å². The zero-order chi connectivity index (χ0) is 43.9. The predicted octanol–water partition coefficient (Wildman–Crippen LogP) is 14.4. The van der Waals surface area contributed by atoms with E-state index in [0.29, 0.717) is 6.61 Å². The minimum absolute atomic E-state index is 0.0453. The van der Waals surface area contributed by atoms with E-state index in [-0.39, 0.29) is 25.6 Å². The largest absolute Gasteiger partial charge is 0.472 e. The molecule has 0 aromatic heterocycles. The molecule has 354 valence electrons. The molecule has 0 aliphatic heterocycles. The van der Waals surface area contributed by atoms with E-state index in [1.54, 1.807) is 0 Å². The average Bonchev–Trinajstić information content (AvgIpc) is 3.24. The van der Waals surface area contributed by atoms with Crippen LogP contribution in [0.15, 0.2) is 36.5 Å². The van der Waals surface area contributed by atoms with Crippen molar-refractivity contribution >= 4 is 13.8 Å². The molecule has 3 atom stereocenters. The van der Waals surface area contributed by atoms with Crippen LogP contribution in [0.4, 0.5) is 0 Å². The zero-order valence-corrected chi connectivity index (χ0v) is 39.8. The molecule has 0 bridgehead atoms. The fourth-order valence-electron chi connectivity index (χ4n) is 7.01. The first-order valence-corrected chi connectivity index (χ1v) is 26.5. The second kappa shape index (κ2) is 47.2. The van der Waals surface area contributed by atoms with Gasteiger partial charge in [-0.2, -0.15) is 0 Å². The Labute approximate surface area is 369 Å². The van der Waals surface area contributed by atoms with Crippen molar-refractivity contribution in [1.82, 2.24) is 0 Å². The van der Waals surface area contributed by atoms with Gasteiger partial charge in [-0.1, -0.05) is 211 Å². The average molecular weight is 871 g/mol. The highest BCUT2D eigenvalue weighted by molar-refractivity contribution is 7.47. The van der Waals surface area contributed by atoms with Crippen LogP contribution in [0.25, 0.3) is 0 Å². The first kappa shape index (κ1) is 58.7. The maximum absolute atomic E-state index is 12.7. The summed E-state index contributed by atoms with van der Waals surface area (Å²) in [5.74, 6) is -0.383. The Morgan fingerprint density at radius 1 is 0.517 bits per heavy atom. The summed E-state index contributed by atoms with van der Waals surface area (Å²) in [5, 5.41) is 18.4. The lowest BCUT2D eigenvalue weighted by atomic mass is 10.0. The lowest BCUT2D eigenvalue weighted by molar-refractivity contribution is -0.154. The third-order valence-electron chi connectivity index (χ3n) is 10.8. The predicted molar refractivity (Wildman–Crippen MR) is 251 cm³/mol. The maximum atomic E-state index is 12.7. The van der Waals surface area contributed by atoms with Crippen LogP contribution in [0.2, 0.25) is 0 Å². The summed E-state index contributed by atoms with van der Waals surface area (Å²) in [5.41, 5.74) is 0. The third-order valence-corrected chi connectivity index (χ3v) is 11.8. The highest BCUT2D eigenvalue weighted by atomic mass is 31.2. The van der Waals surface area contributed by atoms with Crippen molar-refractivity contribution in [3.63, 3.8) is 0 Å². The number of carbonyl (C=O) groups is 1. The first-order chi connectivity index (χ1) is 29.3. The third kappa shape index (κ3) is 46.2. The Balaban J connectivity index is 4.10. The summed E-state index contributed by atoms with van der Waals surface area (Å²) in [6, 6.07) is 0. The van der Waals surface area contributed by atoms with Gasteiger partial charge in [-0.3, -0.25) is 13.8 Å². The highest BCUT2D eigenvalue weighted by Gasteiger charge is 2.26. The van der Waals surface area contributed by atoms with E-state index in [0.717, 1.165) is 57.8 Å². The highest BCUT2D eigenvalue weighted by Crippen LogP contribution is 2.43. The number of esters is 1. The molecule has 60 heavy (non-hydrogen) atoms. The molecule has 10 heteroatoms. The Morgan fingerprint density at radius 2 is 0.900 bits per heavy atom. The van der Waals surface area contributed by atoms with E-state index in [1.165, 1.54) is 154 Å². The number of ether oxygens (including phenoxy) is 2. The normalized spacial score (nSPS) is 14.2. The van der Waals surface area contributed by atoms with Gasteiger partial charge in [0.05, 0.1) is 26.4 Å². The molecule has 0 radical (unpaired) electrons. The molecule has 0 aliphatic carbocycles. The molecule has 0 spiro atoms. The number of carbonyl (C=O) groups excluding carboxylic acids is 1. The molecule has 3 unspecified atom stereocenters. The van der Waals surface area contributed by atoms with Crippen LogP contribution in [-0.2, 0) is 27.9 Å². The van der Waals surface area contributed by atoms with Crippen LogP contribution in [0, 0.1) is 0 Å². The summed E-state index contributed by atoms with van der Waals surface area (Å²) in [6.45, 7) is 3.52. The van der Waals surface area contributed by atoms with Gasteiger partial charge in [0, 0.05) is 13.0 Å². The number of allylic oxidation sites excluding steroid dienone is 6. The van der Waals surface area contributed by atoms with Crippen molar-refractivity contribution in [2.24, 2.45) is 0 Å². The standard InChI is InChI=1S/C50H95O9P/c1-3-5-7-9-11-13-15-17-19-21-22-23-24-25-27-29-31-33-35-37-39-41-43-56-46-49(47-58-60(54,55)57-45-48(52)44-51)59-50(53)42-40-38-36-34-32-30-28-26-20-18-16-14-12-10-8-6-4-2/h15,17,21-22,24-25,48-49,51-52H,3-14,16,18-20,23,26-47H2,1-2H3,(H,54,55)/b17-15-,22-21-,25-24-. The molecule has 0 saturated carbocycles. The molecule has 0 amide bonds. The SMILES string of the molecule is CCCCCCC/C=C\C/C=C\C/C=C\CCCCCCCCCOCC(COP(=O)(O)OCC(O)CO)OC(=O)CCCCCCCCCCCCCCCCCCC. The second-order valence-corrected chi connectivity index (χ2v) is 18.3. The Bertz CT molecular complexity index is 1030. The van der Waals surface area contributed by atoms with E-state index in [2.05, 4.69) is 50.3 Å². The van der Waals surface area contributed by atoms with E-state index < -0.39 is 33.2 Å². The van der Waals surface area contributed by atoms with E-state index in [9.17, 15) is 19.4 Å². The second-order valence-electron chi connectivity index (χ2n) is 16.8. The van der Waals surface area contributed by atoms with Crippen molar-refractivity contribution < 1.29 is 43.0 Å². The Kier molecular flexibility index (Phi) is 46.1. The number of unbranched alkanes of at least 4 members (excludes halogenated alkanes) is 28. The quantitative estimate of drug-likeness (QED) is 0.0237. The molecule has 0 heterocycles. The van der Waals surface area contributed by atoms with Gasteiger partial charge in [-0.05, 0) is 51.4 Å². The molecule has 0 fully saturated rings. The van der Waals surface area contributed by atoms with Crippen LogP contribution in [0.3, 0.4) is 0 Å². The van der Waals surface area contributed by atoms with Gasteiger partial charge in [0.25, 0.3) is 0 Å². The van der Waals surface area contributed by atoms with Crippen molar-refractivity contribution in [3.8, 4) is 0 Å². The Morgan fingerprint density at radius 3 is 1.35 bits per heavy atom. The molecule has 0 aromatic rings. The molecule has 0 rings (SSSR count). The molecular weight excluding hydrogens is 776 g/mol. The minimum atomic E-state index is -4.52. The van der Waals surface area contributed by atoms with Crippen LogP contribution in [-0.4, -0.2) is 66.3 Å². The van der Waals surface area contributed by atoms with E-state index in [1.807, 2.05) is 0 Å². The fourth-order valence-corrected chi connectivity index (χ4v) is 7.80. The van der Waals surface area contributed by atoms with Crippen molar-refractivity contribution in [1.29, 1.82) is 0 Å². The van der Waals surface area contributed by atoms with Crippen LogP contribution in [0.1, 0.15) is 232 Å². The molecule has 0 aliphatic rings. The monoisotopic (exact) mass is 871 g/mol. The number of hydrogen-bond donors (Lipinski definition) is 3. The Hall–Kier alpha value is -1.32. The number of aliphatic hydroxyl groups excluding tert-OH is 2. The number of hydrogen-bond acceptors (Lipinski definition) is 8. The summed E-state index contributed by atoms with van der Waals surface area (Å²) in [6.07, 6.45) is 52.5. The number of phosphoric acid groups is 1. The lowest BCUT2D eigenvalue weighted by Crippen LogP contribution is -2.29. The summed E-state index contributed by atoms with van der Waals surface area (Å²) in [7, 11) is -4.52. The van der Waals surface area contributed by atoms with Gasteiger partial charge in [0.1, 0.15) is 12.2 Å². The van der Waals surface area contributed by atoms with Crippen LogP contribution >= 0.6 is 7.82 Å². The number of rotatable bonds is 48. The maximum Gasteiger partial charge on any atom is 0.472 e. The van der Waals surface area contributed by atoms with Gasteiger partial charge in [-0.15, -0.1) is 0 Å². The molecule has 3 N–H and O–H groups in total. The summed E-state index contributed by atoms with van der Waals surface area (Å²) >= 11 is 0. The van der Waals surface area contributed by atoms with Gasteiger partial charge >= 0.3 is 13.8 Å². The topological polar surface area (TPSA) is 132 Å². The first-order valence-electron chi connectivity index (χ1n) is 25.0. The lowest BCUT2D eigenvalue weighted by Gasteiger charge is -2.20. The van der Waals surface area contributed by atoms with Gasteiger partial charge < -0.3 is 24.6 Å². The molecule has 0 aromatic carbocycles. The van der Waals surface area contributed by atoms with E-state index in [4.69, 9.17) is 23.6 Å². The molecule has 0 saturated heterocycles. The summed E-state index contributed by atoms with van der Waals surface area (Å²) in [4.78, 5) is 22.7. The van der Waals surface area contributed by atoms with Crippen LogP contribution in [0.5, 0.6) is 0 Å². The molecular formula is C50H95O9P. The molecule has 9 nitrogen and oxygen atoms in total. The van der Waals surface area contributed by atoms with Gasteiger partial charge in [0.15, 0.2) is 0 Å².